The summed E-state index contributed by atoms with van der Waals surface area (Å²) in [4.78, 5) is 44.9. The molecule has 0 aliphatic rings. The number of fused-ring (bicyclic) bond motifs is 1. The molecule has 0 spiro atoms. The summed E-state index contributed by atoms with van der Waals surface area (Å²) in [6.45, 7) is 0. The lowest BCUT2D eigenvalue weighted by molar-refractivity contribution is -0.114. The number of hydrogen-bond donors (Lipinski definition) is 3. The van der Waals surface area contributed by atoms with Crippen molar-refractivity contribution >= 4 is 68.5 Å². The molecular weight excluding hydrogens is 641 g/mol. The van der Waals surface area contributed by atoms with Gasteiger partial charge in [-0.25, -0.2) is 4.98 Å². The van der Waals surface area contributed by atoms with E-state index < -0.39 is 11.8 Å². The maximum Gasteiger partial charge on any atom is 0.272 e. The molecule has 0 atom stereocenters. The summed E-state index contributed by atoms with van der Waals surface area (Å²) in [6.07, 6.45) is 1.68. The zero-order valence-electron chi connectivity index (χ0n) is 25.8. The highest BCUT2D eigenvalue weighted by molar-refractivity contribution is 8.00. The van der Waals surface area contributed by atoms with Gasteiger partial charge in [-0.1, -0.05) is 78.9 Å². The van der Waals surface area contributed by atoms with Crippen molar-refractivity contribution in [3.05, 3.63) is 144 Å². The summed E-state index contributed by atoms with van der Waals surface area (Å²) in [5, 5.41) is 12.9. The number of thioether (sulfide) groups is 1. The Morgan fingerprint density at radius 1 is 0.833 bits per heavy atom. The number of carbonyl (C=O) groups excluding carboxylic acids is 3. The molecular formula is C38H30N4O4S2. The molecule has 0 fully saturated rings. The molecule has 5 aromatic carbocycles. The Balaban J connectivity index is 1.13. The minimum absolute atomic E-state index is 0.0920. The molecule has 8 nitrogen and oxygen atoms in total. The second-order valence-corrected chi connectivity index (χ2v) is 12.4. The van der Waals surface area contributed by atoms with Gasteiger partial charge in [-0.3, -0.25) is 14.4 Å². The fraction of sp³-hybridized carbons (Fsp3) is 0.0526. The minimum Gasteiger partial charge on any atom is -0.497 e. The molecule has 0 aliphatic carbocycles. The van der Waals surface area contributed by atoms with Crippen molar-refractivity contribution < 1.29 is 19.1 Å². The number of amides is 3. The number of carbonyl (C=O) groups is 3. The van der Waals surface area contributed by atoms with E-state index in [4.69, 9.17) is 4.74 Å². The molecule has 0 radical (unpaired) electrons. The topological polar surface area (TPSA) is 109 Å². The van der Waals surface area contributed by atoms with Gasteiger partial charge in [0.2, 0.25) is 5.91 Å². The van der Waals surface area contributed by atoms with Gasteiger partial charge in [0.25, 0.3) is 11.8 Å². The van der Waals surface area contributed by atoms with Gasteiger partial charge in [-0.05, 0) is 64.9 Å². The van der Waals surface area contributed by atoms with Crippen molar-refractivity contribution in [3.63, 3.8) is 0 Å². The van der Waals surface area contributed by atoms with Gasteiger partial charge < -0.3 is 20.7 Å². The summed E-state index contributed by atoms with van der Waals surface area (Å²) >= 11 is 2.68. The number of rotatable bonds is 11. The van der Waals surface area contributed by atoms with Crippen molar-refractivity contribution in [3.8, 4) is 17.0 Å². The van der Waals surface area contributed by atoms with E-state index in [9.17, 15) is 14.4 Å². The van der Waals surface area contributed by atoms with Crippen LogP contribution in [0.1, 0.15) is 15.9 Å². The van der Waals surface area contributed by atoms with Crippen LogP contribution in [0.25, 0.3) is 28.1 Å². The van der Waals surface area contributed by atoms with Crippen LogP contribution in [-0.2, 0) is 9.59 Å². The van der Waals surface area contributed by atoms with Crippen molar-refractivity contribution in [2.24, 2.45) is 0 Å². The average molecular weight is 671 g/mol. The second kappa shape index (κ2) is 15.3. The van der Waals surface area contributed by atoms with Crippen LogP contribution in [0.4, 0.5) is 10.8 Å². The first kappa shape index (κ1) is 32.2. The Morgan fingerprint density at radius 3 is 2.46 bits per heavy atom. The second-order valence-electron chi connectivity index (χ2n) is 10.5. The molecule has 48 heavy (non-hydrogen) atoms. The third kappa shape index (κ3) is 8.16. The molecule has 0 bridgehead atoms. The van der Waals surface area contributed by atoms with Crippen LogP contribution in [0.5, 0.6) is 5.75 Å². The average Bonchev–Trinajstić information content (AvgIpc) is 3.59. The number of hydrogen-bond acceptors (Lipinski definition) is 7. The van der Waals surface area contributed by atoms with E-state index in [2.05, 4.69) is 20.9 Å². The van der Waals surface area contributed by atoms with Gasteiger partial charge >= 0.3 is 0 Å². The number of benzene rings is 5. The van der Waals surface area contributed by atoms with Gasteiger partial charge in [0.1, 0.15) is 11.4 Å². The number of nitrogens with zero attached hydrogens (tertiary/aromatic N) is 1. The first-order valence-electron chi connectivity index (χ1n) is 14.9. The molecule has 0 saturated heterocycles. The molecule has 1 aromatic heterocycles. The van der Waals surface area contributed by atoms with E-state index in [0.717, 1.165) is 38.2 Å². The number of thiazole rings is 1. The number of nitrogens with one attached hydrogen (secondary N) is 3. The molecule has 10 heteroatoms. The lowest BCUT2D eigenvalue weighted by Crippen LogP contribution is -2.30. The molecule has 0 unspecified atom stereocenters. The third-order valence-electron chi connectivity index (χ3n) is 7.23. The summed E-state index contributed by atoms with van der Waals surface area (Å²) in [6, 6.07) is 37.2. The van der Waals surface area contributed by atoms with E-state index in [1.54, 1.807) is 55.7 Å². The summed E-state index contributed by atoms with van der Waals surface area (Å²) in [5.41, 5.74) is 3.48. The smallest absolute Gasteiger partial charge is 0.272 e. The minimum atomic E-state index is -0.484. The van der Waals surface area contributed by atoms with Crippen molar-refractivity contribution in [1.82, 2.24) is 10.3 Å². The molecule has 6 aromatic rings. The van der Waals surface area contributed by atoms with Crippen molar-refractivity contribution in [2.75, 3.05) is 23.5 Å². The Hall–Kier alpha value is -5.71. The molecule has 6 rings (SSSR count). The lowest BCUT2D eigenvalue weighted by atomic mass is 10.0. The van der Waals surface area contributed by atoms with E-state index >= 15 is 0 Å². The zero-order chi connectivity index (χ0) is 33.3. The molecule has 3 amide bonds. The van der Waals surface area contributed by atoms with Gasteiger partial charge in [-0.2, -0.15) is 0 Å². The Labute approximate surface area is 285 Å². The Morgan fingerprint density at radius 2 is 1.60 bits per heavy atom. The third-order valence-corrected chi connectivity index (χ3v) is 8.98. The van der Waals surface area contributed by atoms with Crippen LogP contribution in [0, 0.1) is 0 Å². The van der Waals surface area contributed by atoms with Crippen LogP contribution >= 0.6 is 23.1 Å². The van der Waals surface area contributed by atoms with Gasteiger partial charge in [0.15, 0.2) is 5.13 Å². The number of methoxy groups -OCH3 is 1. The first-order valence-corrected chi connectivity index (χ1v) is 16.8. The highest BCUT2D eigenvalue weighted by atomic mass is 32.2. The zero-order valence-corrected chi connectivity index (χ0v) is 27.4. The Bertz CT molecular complexity index is 2120. The normalized spacial score (nSPS) is 11.1. The predicted octanol–water partition coefficient (Wildman–Crippen LogP) is 8.11. The van der Waals surface area contributed by atoms with Crippen molar-refractivity contribution in [1.29, 1.82) is 0 Å². The molecule has 3 N–H and O–H groups in total. The van der Waals surface area contributed by atoms with E-state index in [0.29, 0.717) is 16.4 Å². The maximum absolute atomic E-state index is 13.7. The van der Waals surface area contributed by atoms with Gasteiger partial charge in [-0.15, -0.1) is 23.1 Å². The highest BCUT2D eigenvalue weighted by Crippen LogP contribution is 2.28. The van der Waals surface area contributed by atoms with Gasteiger partial charge in [0, 0.05) is 27.1 Å². The summed E-state index contributed by atoms with van der Waals surface area (Å²) in [5.74, 6) is -0.212. The highest BCUT2D eigenvalue weighted by Gasteiger charge is 2.16. The van der Waals surface area contributed by atoms with Crippen LogP contribution in [0.3, 0.4) is 0 Å². The molecule has 0 saturated carbocycles. The summed E-state index contributed by atoms with van der Waals surface area (Å²) in [7, 11) is 1.61. The first-order chi connectivity index (χ1) is 23.4. The predicted molar refractivity (Wildman–Crippen MR) is 194 cm³/mol. The monoisotopic (exact) mass is 670 g/mol. The molecule has 0 aliphatic heterocycles. The standard InChI is InChI=1S/C38H30N4O4S2/c1-46-30-17-8-15-28(20-30)34-23-48-38(41-34)42-35(43)24-47-31-18-9-16-29(22-31)39-37(45)33(40-36(44)26-11-3-2-4-12-26)21-27-14-7-13-25-10-5-6-19-32(25)27/h2-23H,24H2,1H3,(H,39,45)(H,40,44)(H,41,42,43)/b33-21+. The quantitative estimate of drug-likeness (QED) is 0.0949. The SMILES string of the molecule is COc1cccc(-c2csc(NC(=O)CSc3cccc(NC(=O)/C(=C\c4cccc5ccccc45)NC(=O)c4ccccc4)c3)n2)c1. The van der Waals surface area contributed by atoms with Gasteiger partial charge in [0.05, 0.1) is 18.6 Å². The fourth-order valence-corrected chi connectivity index (χ4v) is 6.38. The van der Waals surface area contributed by atoms with Crippen molar-refractivity contribution in [2.45, 2.75) is 4.90 Å². The van der Waals surface area contributed by atoms with Crippen LogP contribution in [0.2, 0.25) is 0 Å². The number of anilines is 2. The fourth-order valence-electron chi connectivity index (χ4n) is 4.89. The maximum atomic E-state index is 13.7. The van der Waals surface area contributed by atoms with Crippen LogP contribution < -0.4 is 20.7 Å². The molecule has 1 heterocycles. The number of ether oxygens (including phenoxy) is 1. The van der Waals surface area contributed by atoms with E-state index in [1.165, 1.54) is 23.1 Å². The molecule has 238 valence electrons. The van der Waals surface area contributed by atoms with Crippen LogP contribution in [0.15, 0.2) is 137 Å². The largest absolute Gasteiger partial charge is 0.497 e. The number of aromatic nitrogens is 1. The lowest BCUT2D eigenvalue weighted by Gasteiger charge is -2.13. The van der Waals surface area contributed by atoms with Crippen LogP contribution in [-0.4, -0.2) is 35.6 Å². The summed E-state index contributed by atoms with van der Waals surface area (Å²) < 4.78 is 5.29. The van der Waals surface area contributed by atoms with E-state index in [-0.39, 0.29) is 17.4 Å². The van der Waals surface area contributed by atoms with E-state index in [1.807, 2.05) is 84.2 Å². The Kier molecular flexibility index (Phi) is 10.2.